The van der Waals surface area contributed by atoms with Crippen molar-refractivity contribution < 1.29 is 19.7 Å². The Bertz CT molecular complexity index is 1090. The van der Waals surface area contributed by atoms with E-state index in [0.29, 0.717) is 19.4 Å². The molecule has 2 N–H and O–H groups in total. The van der Waals surface area contributed by atoms with Gasteiger partial charge in [-0.15, -0.1) is 0 Å². The molecule has 0 amide bonds. The molecular formula is C27H33N3O4. The molecule has 0 aliphatic carbocycles. The minimum atomic E-state index is -0.740. The molecule has 3 heterocycles. The first-order chi connectivity index (χ1) is 16.5. The molecule has 7 heteroatoms. The number of hydrogen-bond donors (Lipinski definition) is 2. The molecule has 1 saturated heterocycles. The van der Waals surface area contributed by atoms with Crippen molar-refractivity contribution in [2.75, 3.05) is 26.7 Å². The monoisotopic (exact) mass is 463 g/mol. The summed E-state index contributed by atoms with van der Waals surface area (Å²) in [7, 11) is 1.62. The molecule has 7 nitrogen and oxygen atoms in total. The molecule has 3 aromatic rings. The van der Waals surface area contributed by atoms with Gasteiger partial charge in [-0.25, -0.2) is 0 Å². The summed E-state index contributed by atoms with van der Waals surface area (Å²) in [5, 5.41) is 21.7. The quantitative estimate of drug-likeness (QED) is 0.467. The first-order valence-electron chi connectivity index (χ1n) is 12.0. The lowest BCUT2D eigenvalue weighted by molar-refractivity contribution is -0.146. The van der Waals surface area contributed by atoms with Crippen LogP contribution in [0.15, 0.2) is 55.0 Å². The number of likely N-dealkylation sites (tertiary alicyclic amines) is 1. The average molecular weight is 464 g/mol. The number of pyridine rings is 2. The van der Waals surface area contributed by atoms with Gasteiger partial charge >= 0.3 is 5.97 Å². The lowest BCUT2D eigenvalue weighted by Gasteiger charge is -2.37. The van der Waals surface area contributed by atoms with E-state index in [-0.39, 0.29) is 5.92 Å². The van der Waals surface area contributed by atoms with Crippen LogP contribution in [0.5, 0.6) is 5.75 Å². The number of rotatable bonds is 10. The van der Waals surface area contributed by atoms with E-state index in [4.69, 9.17) is 4.74 Å². The number of methoxy groups -OCH3 is 1. The van der Waals surface area contributed by atoms with Crippen molar-refractivity contribution in [3.05, 3.63) is 66.1 Å². The number of nitrogens with zero attached hydrogens (tertiary/aromatic N) is 3. The van der Waals surface area contributed by atoms with E-state index < -0.39 is 18.0 Å². The van der Waals surface area contributed by atoms with Crippen molar-refractivity contribution >= 4 is 16.9 Å². The van der Waals surface area contributed by atoms with Gasteiger partial charge in [0.15, 0.2) is 0 Å². The fourth-order valence-electron chi connectivity index (χ4n) is 5.04. The van der Waals surface area contributed by atoms with E-state index in [0.717, 1.165) is 54.6 Å². The van der Waals surface area contributed by atoms with E-state index in [1.54, 1.807) is 19.5 Å². The van der Waals surface area contributed by atoms with Gasteiger partial charge in [-0.05, 0) is 92.6 Å². The van der Waals surface area contributed by atoms with Gasteiger partial charge in [0.05, 0.1) is 24.6 Å². The number of hydrogen-bond acceptors (Lipinski definition) is 6. The molecule has 1 aliphatic rings. The zero-order valence-electron chi connectivity index (χ0n) is 19.6. The van der Waals surface area contributed by atoms with Crippen LogP contribution in [0, 0.1) is 11.8 Å². The molecule has 0 spiro atoms. The second-order valence-electron chi connectivity index (χ2n) is 9.14. The van der Waals surface area contributed by atoms with Crippen LogP contribution < -0.4 is 4.74 Å². The third-order valence-electron chi connectivity index (χ3n) is 6.97. The van der Waals surface area contributed by atoms with Crippen LogP contribution in [0.3, 0.4) is 0 Å². The zero-order valence-corrected chi connectivity index (χ0v) is 19.6. The Morgan fingerprint density at radius 1 is 1.26 bits per heavy atom. The summed E-state index contributed by atoms with van der Waals surface area (Å²) >= 11 is 0. The number of ether oxygens (including phenoxy) is 1. The van der Waals surface area contributed by atoms with Crippen molar-refractivity contribution in [2.24, 2.45) is 11.8 Å². The lowest BCUT2D eigenvalue weighted by atomic mass is 9.81. The molecule has 1 unspecified atom stereocenters. The molecule has 0 bridgehead atoms. The Hall–Kier alpha value is -3.03. The summed E-state index contributed by atoms with van der Waals surface area (Å²) in [6.07, 6.45) is 8.66. The third-order valence-corrected chi connectivity index (χ3v) is 6.97. The summed E-state index contributed by atoms with van der Waals surface area (Å²) in [6.45, 7) is 2.35. The topological polar surface area (TPSA) is 95.8 Å². The Morgan fingerprint density at radius 2 is 2.15 bits per heavy atom. The average Bonchev–Trinajstić information content (AvgIpc) is 2.87. The first-order valence-corrected chi connectivity index (χ1v) is 12.0. The van der Waals surface area contributed by atoms with Crippen LogP contribution in [0.1, 0.15) is 42.9 Å². The van der Waals surface area contributed by atoms with Crippen molar-refractivity contribution in [2.45, 2.75) is 38.2 Å². The number of aliphatic hydroxyl groups excluding tert-OH is 1. The number of carboxylic acid groups (broad SMARTS) is 1. The normalized spacial score (nSPS) is 19.7. The molecule has 1 aromatic carbocycles. The molecule has 180 valence electrons. The number of carboxylic acids is 1. The maximum absolute atomic E-state index is 12.0. The van der Waals surface area contributed by atoms with Crippen LogP contribution in [-0.2, 0) is 11.2 Å². The number of piperidine rings is 1. The summed E-state index contributed by atoms with van der Waals surface area (Å²) in [4.78, 5) is 22.9. The highest BCUT2D eigenvalue weighted by molar-refractivity contribution is 5.83. The van der Waals surface area contributed by atoms with Gasteiger partial charge in [0.2, 0.25) is 0 Å². The van der Waals surface area contributed by atoms with Gasteiger partial charge in [0.25, 0.3) is 0 Å². The third kappa shape index (κ3) is 5.90. The highest BCUT2D eigenvalue weighted by Crippen LogP contribution is 2.33. The number of aromatic nitrogens is 2. The van der Waals surface area contributed by atoms with Crippen molar-refractivity contribution in [1.82, 2.24) is 14.9 Å². The highest BCUT2D eigenvalue weighted by atomic mass is 16.5. The molecule has 1 aliphatic heterocycles. The van der Waals surface area contributed by atoms with Crippen LogP contribution in [0.2, 0.25) is 0 Å². The second-order valence-corrected chi connectivity index (χ2v) is 9.14. The smallest absolute Gasteiger partial charge is 0.308 e. The standard InChI is InChI=1S/C27H33N3O4/c1-34-21-7-8-25-23(16-21)22(10-13-29-25)26(31)9-6-20-11-15-30(18-24(20)27(32)33)14-3-5-19-4-2-12-28-17-19/h2,4,7-8,10,12-13,16-17,20,24,26,31H,3,5-6,9,11,14-15,18H2,1H3,(H,32,33)/t20-,24+,26?/m1/s1. The number of carbonyl (C=O) groups is 1. The van der Waals surface area contributed by atoms with E-state index in [1.165, 1.54) is 5.56 Å². The molecule has 3 atom stereocenters. The summed E-state index contributed by atoms with van der Waals surface area (Å²) in [5.41, 5.74) is 2.83. The Labute approximate surface area is 200 Å². The van der Waals surface area contributed by atoms with Gasteiger partial charge in [0.1, 0.15) is 5.75 Å². The summed E-state index contributed by atoms with van der Waals surface area (Å²) in [5.74, 6) is -0.371. The van der Waals surface area contributed by atoms with E-state index >= 15 is 0 Å². The molecule has 34 heavy (non-hydrogen) atoms. The van der Waals surface area contributed by atoms with E-state index in [9.17, 15) is 15.0 Å². The molecule has 4 rings (SSSR count). The molecule has 2 aromatic heterocycles. The van der Waals surface area contributed by atoms with Crippen LogP contribution >= 0.6 is 0 Å². The lowest BCUT2D eigenvalue weighted by Crippen LogP contribution is -2.44. The first kappa shape index (κ1) is 24.1. The molecule has 0 saturated carbocycles. The number of aryl methyl sites for hydroxylation is 1. The van der Waals surface area contributed by atoms with Gasteiger partial charge in [-0.3, -0.25) is 14.8 Å². The predicted octanol–water partition coefficient (Wildman–Crippen LogP) is 4.11. The molecule has 0 radical (unpaired) electrons. The second kappa shape index (κ2) is 11.4. The number of aliphatic carboxylic acids is 1. The zero-order chi connectivity index (χ0) is 23.9. The van der Waals surface area contributed by atoms with Crippen molar-refractivity contribution in [3.8, 4) is 5.75 Å². The van der Waals surface area contributed by atoms with Crippen molar-refractivity contribution in [1.29, 1.82) is 0 Å². The van der Waals surface area contributed by atoms with E-state index in [2.05, 4.69) is 20.9 Å². The number of benzene rings is 1. The minimum absolute atomic E-state index is 0.0596. The molecular weight excluding hydrogens is 430 g/mol. The van der Waals surface area contributed by atoms with E-state index in [1.807, 2.05) is 36.5 Å². The van der Waals surface area contributed by atoms with Gasteiger partial charge in [0, 0.05) is 30.5 Å². The van der Waals surface area contributed by atoms with Crippen molar-refractivity contribution in [3.63, 3.8) is 0 Å². The van der Waals surface area contributed by atoms with Crippen LogP contribution in [0.25, 0.3) is 10.9 Å². The maximum atomic E-state index is 12.0. The van der Waals surface area contributed by atoms with Crippen LogP contribution in [0.4, 0.5) is 0 Å². The molecule has 1 fully saturated rings. The van der Waals surface area contributed by atoms with Gasteiger partial charge in [-0.1, -0.05) is 6.07 Å². The van der Waals surface area contributed by atoms with Gasteiger partial charge in [-0.2, -0.15) is 0 Å². The Kier molecular flexibility index (Phi) is 8.08. The fourth-order valence-corrected chi connectivity index (χ4v) is 5.04. The predicted molar refractivity (Wildman–Crippen MR) is 131 cm³/mol. The fraction of sp³-hybridized carbons (Fsp3) is 0.444. The van der Waals surface area contributed by atoms with Gasteiger partial charge < -0.3 is 19.8 Å². The number of aliphatic hydroxyl groups is 1. The maximum Gasteiger partial charge on any atom is 0.308 e. The SMILES string of the molecule is COc1ccc2nccc(C(O)CC[C@@H]3CCN(CCCc4cccnc4)C[C@@H]3C(=O)O)c2c1. The number of fused-ring (bicyclic) bond motifs is 1. The summed E-state index contributed by atoms with van der Waals surface area (Å²) < 4.78 is 5.33. The largest absolute Gasteiger partial charge is 0.497 e. The summed E-state index contributed by atoms with van der Waals surface area (Å²) in [6, 6.07) is 11.5. The van der Waals surface area contributed by atoms with Crippen LogP contribution in [-0.4, -0.2) is 57.8 Å². The minimum Gasteiger partial charge on any atom is -0.497 e. The Morgan fingerprint density at radius 3 is 2.91 bits per heavy atom. The highest BCUT2D eigenvalue weighted by Gasteiger charge is 2.34. The Balaban J connectivity index is 1.34.